The smallest absolute Gasteiger partial charge is 0.235 e. The largest absolute Gasteiger partial charge is 0.355 e. The number of Topliss-reactive ketones (excluding diaryl/α,β-unsaturated/α-hetero) is 1. The first kappa shape index (κ1) is 35.3. The molecule has 1 fully saturated rings. The van der Waals surface area contributed by atoms with Gasteiger partial charge in [-0.2, -0.15) is 0 Å². The lowest BCUT2D eigenvalue weighted by Gasteiger charge is -2.38. The Labute approximate surface area is 289 Å². The van der Waals surface area contributed by atoms with E-state index in [9.17, 15) is 9.59 Å². The summed E-state index contributed by atoms with van der Waals surface area (Å²) in [4.78, 5) is 28.4. The second kappa shape index (κ2) is 16.4. The lowest BCUT2D eigenvalue weighted by atomic mass is 9.63. The monoisotopic (exact) mass is 641 g/mol. The van der Waals surface area contributed by atoms with Gasteiger partial charge in [0.25, 0.3) is 0 Å². The molecular weight excluding hydrogens is 587 g/mol. The van der Waals surface area contributed by atoms with Gasteiger partial charge in [-0.25, -0.2) is 0 Å². The molecule has 1 saturated carbocycles. The summed E-state index contributed by atoms with van der Waals surface area (Å²) in [6.45, 7) is 9.38. The van der Waals surface area contributed by atoms with Crippen molar-refractivity contribution in [1.82, 2.24) is 5.32 Å². The van der Waals surface area contributed by atoms with Crippen molar-refractivity contribution in [2.75, 3.05) is 6.54 Å². The highest BCUT2D eigenvalue weighted by Gasteiger charge is 2.45. The first-order valence-corrected chi connectivity index (χ1v) is 18.3. The molecule has 4 aromatic rings. The molecular formula is C45H55NO2. The minimum absolute atomic E-state index is 0.0932. The summed E-state index contributed by atoms with van der Waals surface area (Å²) in [6.07, 6.45) is 8.49. The first-order valence-electron chi connectivity index (χ1n) is 18.3. The average Bonchev–Trinajstić information content (AvgIpc) is 3.11. The van der Waals surface area contributed by atoms with Crippen molar-refractivity contribution in [2.45, 2.75) is 89.9 Å². The zero-order chi connectivity index (χ0) is 34.0. The molecule has 4 aromatic carbocycles. The summed E-state index contributed by atoms with van der Waals surface area (Å²) in [5.41, 5.74) is 2.93. The van der Waals surface area contributed by atoms with Gasteiger partial charge in [0.15, 0.2) is 0 Å². The molecule has 3 heteroatoms. The van der Waals surface area contributed by atoms with E-state index < -0.39 is 10.8 Å². The van der Waals surface area contributed by atoms with Crippen LogP contribution >= 0.6 is 0 Å². The number of carbonyl (C=O) groups is 2. The number of hydrogen-bond donors (Lipinski definition) is 1. The van der Waals surface area contributed by atoms with E-state index in [4.69, 9.17) is 0 Å². The molecule has 252 valence electrons. The van der Waals surface area contributed by atoms with Crippen LogP contribution in [0.1, 0.15) is 101 Å². The van der Waals surface area contributed by atoms with Crippen LogP contribution < -0.4 is 5.32 Å². The molecule has 1 N–H and O–H groups in total. The fraction of sp³-hybridized carbons (Fsp3) is 0.422. The zero-order valence-corrected chi connectivity index (χ0v) is 29.5. The Morgan fingerprint density at radius 3 is 1.29 bits per heavy atom. The first-order chi connectivity index (χ1) is 23.3. The highest BCUT2D eigenvalue weighted by atomic mass is 16.2. The van der Waals surface area contributed by atoms with E-state index in [1.54, 1.807) is 0 Å². The summed E-state index contributed by atoms with van der Waals surface area (Å²) < 4.78 is 0. The molecule has 0 aromatic heterocycles. The lowest BCUT2D eigenvalue weighted by Crippen LogP contribution is -2.49. The third-order valence-corrected chi connectivity index (χ3v) is 11.3. The maximum Gasteiger partial charge on any atom is 0.235 e. The number of carbonyl (C=O) groups excluding carboxylic acids is 2. The van der Waals surface area contributed by atoms with Gasteiger partial charge in [0.05, 0.1) is 5.41 Å². The molecule has 0 spiro atoms. The number of benzene rings is 4. The topological polar surface area (TPSA) is 46.2 Å². The quantitative estimate of drug-likeness (QED) is 0.140. The Morgan fingerprint density at radius 2 is 0.917 bits per heavy atom. The highest BCUT2D eigenvalue weighted by molar-refractivity contribution is 5.94. The molecule has 0 heterocycles. The van der Waals surface area contributed by atoms with Gasteiger partial charge in [-0.05, 0) is 58.8 Å². The second-order valence-electron chi connectivity index (χ2n) is 14.6. The van der Waals surface area contributed by atoms with Crippen LogP contribution in [-0.2, 0) is 20.4 Å². The summed E-state index contributed by atoms with van der Waals surface area (Å²) in [5, 5.41) is 3.38. The molecule has 0 unspecified atom stereocenters. The van der Waals surface area contributed by atoms with Crippen molar-refractivity contribution in [3.8, 4) is 0 Å². The Bertz CT molecular complexity index is 1350. The van der Waals surface area contributed by atoms with Crippen molar-refractivity contribution in [3.63, 3.8) is 0 Å². The normalized spacial score (nSPS) is 17.0. The van der Waals surface area contributed by atoms with E-state index in [1.807, 2.05) is 48.5 Å². The molecule has 1 amide bonds. The van der Waals surface area contributed by atoms with Crippen molar-refractivity contribution >= 4 is 11.7 Å². The van der Waals surface area contributed by atoms with Gasteiger partial charge in [-0.15, -0.1) is 0 Å². The summed E-state index contributed by atoms with van der Waals surface area (Å²) in [5.74, 6) is 1.98. The minimum Gasteiger partial charge on any atom is -0.355 e. The van der Waals surface area contributed by atoms with Crippen molar-refractivity contribution in [3.05, 3.63) is 144 Å². The molecule has 48 heavy (non-hydrogen) atoms. The van der Waals surface area contributed by atoms with Crippen LogP contribution in [0, 0.1) is 23.7 Å². The Kier molecular flexibility index (Phi) is 12.1. The molecule has 0 aliphatic heterocycles. The predicted molar refractivity (Wildman–Crippen MR) is 199 cm³/mol. The van der Waals surface area contributed by atoms with E-state index in [1.165, 1.54) is 25.7 Å². The lowest BCUT2D eigenvalue weighted by molar-refractivity contribution is -0.127. The van der Waals surface area contributed by atoms with Crippen molar-refractivity contribution < 1.29 is 9.59 Å². The van der Waals surface area contributed by atoms with Crippen LogP contribution in [0.5, 0.6) is 0 Å². The third-order valence-electron chi connectivity index (χ3n) is 11.3. The van der Waals surface area contributed by atoms with Gasteiger partial charge in [0.2, 0.25) is 5.91 Å². The van der Waals surface area contributed by atoms with E-state index in [0.29, 0.717) is 30.6 Å². The molecule has 5 rings (SSSR count). The van der Waals surface area contributed by atoms with Gasteiger partial charge < -0.3 is 5.32 Å². The van der Waals surface area contributed by atoms with Crippen LogP contribution in [0.4, 0.5) is 0 Å². The number of nitrogens with one attached hydrogen (secondary N) is 1. The van der Waals surface area contributed by atoms with Gasteiger partial charge in [0, 0.05) is 13.0 Å². The van der Waals surface area contributed by atoms with Gasteiger partial charge in [-0.1, -0.05) is 181 Å². The molecule has 0 bridgehead atoms. The predicted octanol–water partition coefficient (Wildman–Crippen LogP) is 10.3. The Hall–Kier alpha value is -3.98. The molecule has 3 nitrogen and oxygen atoms in total. The fourth-order valence-electron chi connectivity index (χ4n) is 8.73. The van der Waals surface area contributed by atoms with Crippen molar-refractivity contribution in [2.24, 2.45) is 23.7 Å². The maximum absolute atomic E-state index is 14.2. The standard InChI is InChI=1S/C45H55NO2/c1-34(2)44(38-19-9-5-10-20-38,39-21-11-6-12-22-39)42(47)27-17-18-36-28-30-37(31-29-36)32-33-46-43(48)45(35(3)4,40-23-13-7-14-24-40)41-25-15-8-16-26-41/h5-16,19-26,34-37H,17-18,27-33H2,1-4H3,(H,46,48). The van der Waals surface area contributed by atoms with Gasteiger partial charge in [0.1, 0.15) is 11.2 Å². The third kappa shape index (κ3) is 7.36. The van der Waals surface area contributed by atoms with Crippen LogP contribution in [0.2, 0.25) is 0 Å². The average molecular weight is 642 g/mol. The Morgan fingerprint density at radius 1 is 0.562 bits per heavy atom. The van der Waals surface area contributed by atoms with Crippen molar-refractivity contribution in [1.29, 1.82) is 0 Å². The molecule has 1 aliphatic rings. The number of ketones is 1. The van der Waals surface area contributed by atoms with E-state index >= 15 is 0 Å². The van der Waals surface area contributed by atoms with Crippen LogP contribution in [0.3, 0.4) is 0 Å². The summed E-state index contributed by atoms with van der Waals surface area (Å²) in [7, 11) is 0. The fourth-order valence-corrected chi connectivity index (χ4v) is 8.73. The number of hydrogen-bond acceptors (Lipinski definition) is 2. The zero-order valence-electron chi connectivity index (χ0n) is 29.5. The SMILES string of the molecule is CC(C)C(C(=O)CCCC1CCC(CCNC(=O)C(c2ccccc2)(c2ccccc2)C(C)C)CC1)(c1ccccc1)c1ccccc1. The van der Waals surface area contributed by atoms with Gasteiger partial charge >= 0.3 is 0 Å². The Balaban J connectivity index is 1.14. The van der Waals surface area contributed by atoms with Crippen LogP contribution in [0.15, 0.2) is 121 Å². The molecule has 0 atom stereocenters. The number of amides is 1. The highest BCUT2D eigenvalue weighted by Crippen LogP contribution is 2.43. The molecule has 0 saturated heterocycles. The van der Waals surface area contributed by atoms with Crippen LogP contribution in [-0.4, -0.2) is 18.2 Å². The van der Waals surface area contributed by atoms with E-state index in [2.05, 4.69) is 106 Å². The van der Waals surface area contributed by atoms with Gasteiger partial charge in [-0.3, -0.25) is 9.59 Å². The van der Waals surface area contributed by atoms with Crippen LogP contribution in [0.25, 0.3) is 0 Å². The van der Waals surface area contributed by atoms with E-state index in [0.717, 1.165) is 41.5 Å². The number of rotatable bonds is 15. The second-order valence-corrected chi connectivity index (χ2v) is 14.6. The van der Waals surface area contributed by atoms with E-state index in [-0.39, 0.29) is 17.7 Å². The molecule has 1 aliphatic carbocycles. The summed E-state index contributed by atoms with van der Waals surface area (Å²) in [6, 6.07) is 41.3. The summed E-state index contributed by atoms with van der Waals surface area (Å²) >= 11 is 0. The molecule has 0 radical (unpaired) electrons. The maximum atomic E-state index is 14.2. The minimum atomic E-state index is -0.730.